The van der Waals surface area contributed by atoms with Gasteiger partial charge in [0.2, 0.25) is 5.91 Å². The summed E-state index contributed by atoms with van der Waals surface area (Å²) in [6.45, 7) is 1.39. The minimum absolute atomic E-state index is 0.0467. The quantitative estimate of drug-likeness (QED) is 0.691. The lowest BCUT2D eigenvalue weighted by Crippen LogP contribution is -2.32. The molecule has 1 aromatic rings. The van der Waals surface area contributed by atoms with Gasteiger partial charge in [-0.05, 0) is 18.2 Å². The van der Waals surface area contributed by atoms with Crippen molar-refractivity contribution in [3.63, 3.8) is 0 Å². The summed E-state index contributed by atoms with van der Waals surface area (Å²) in [4.78, 5) is 45.8. The lowest BCUT2D eigenvalue weighted by Gasteiger charge is -2.22. The number of carbonyl (C=O) groups is 4. The van der Waals surface area contributed by atoms with E-state index in [4.69, 9.17) is 15.3 Å². The molecule has 0 aliphatic heterocycles. The Morgan fingerprint density at radius 1 is 0.955 bits per heavy atom. The van der Waals surface area contributed by atoms with Crippen molar-refractivity contribution < 1.29 is 34.5 Å². The zero-order valence-corrected chi connectivity index (χ0v) is 11.8. The van der Waals surface area contributed by atoms with Crippen LogP contribution in [0.15, 0.2) is 18.2 Å². The van der Waals surface area contributed by atoms with Gasteiger partial charge in [0.05, 0.1) is 17.5 Å². The van der Waals surface area contributed by atoms with Gasteiger partial charge in [-0.15, -0.1) is 0 Å². The van der Waals surface area contributed by atoms with Crippen molar-refractivity contribution >= 4 is 29.5 Å². The molecule has 1 aromatic carbocycles. The van der Waals surface area contributed by atoms with Crippen LogP contribution in [-0.2, 0) is 9.59 Å². The van der Waals surface area contributed by atoms with Crippen molar-refractivity contribution in [2.45, 2.75) is 19.8 Å². The third-order valence-corrected chi connectivity index (χ3v) is 2.88. The van der Waals surface area contributed by atoms with Gasteiger partial charge in [0.25, 0.3) is 0 Å². The lowest BCUT2D eigenvalue weighted by atomic mass is 10.1. The van der Waals surface area contributed by atoms with Gasteiger partial charge in [0.1, 0.15) is 0 Å². The van der Waals surface area contributed by atoms with Gasteiger partial charge in [-0.2, -0.15) is 0 Å². The van der Waals surface area contributed by atoms with Crippen molar-refractivity contribution in [2.75, 3.05) is 11.4 Å². The van der Waals surface area contributed by atoms with Gasteiger partial charge in [-0.25, -0.2) is 9.59 Å². The molecule has 0 saturated heterocycles. The number of benzene rings is 1. The van der Waals surface area contributed by atoms with Crippen LogP contribution in [0.1, 0.15) is 40.5 Å². The molecule has 0 aromatic heterocycles. The molecular formula is C14H15NO7. The first-order valence-corrected chi connectivity index (χ1v) is 6.40. The van der Waals surface area contributed by atoms with Crippen molar-refractivity contribution in [3.05, 3.63) is 29.3 Å². The summed E-state index contributed by atoms with van der Waals surface area (Å²) in [7, 11) is 0. The van der Waals surface area contributed by atoms with Gasteiger partial charge >= 0.3 is 17.9 Å². The second-order valence-electron chi connectivity index (χ2n) is 4.42. The maximum atomic E-state index is 11.9. The maximum absolute atomic E-state index is 11.9. The van der Waals surface area contributed by atoms with Gasteiger partial charge < -0.3 is 20.2 Å². The van der Waals surface area contributed by atoms with E-state index in [1.165, 1.54) is 0 Å². The number of carboxylic acid groups (broad SMARTS) is 3. The highest BCUT2D eigenvalue weighted by Gasteiger charge is 2.19. The maximum Gasteiger partial charge on any atom is 0.335 e. The van der Waals surface area contributed by atoms with Crippen LogP contribution in [-0.4, -0.2) is 45.7 Å². The van der Waals surface area contributed by atoms with Gasteiger partial charge in [0, 0.05) is 18.7 Å². The summed E-state index contributed by atoms with van der Waals surface area (Å²) in [6, 6.07) is 3.26. The normalized spacial score (nSPS) is 10.0. The Labute approximate surface area is 125 Å². The number of hydrogen-bond donors (Lipinski definition) is 3. The van der Waals surface area contributed by atoms with Crippen LogP contribution in [0.5, 0.6) is 0 Å². The number of hydrogen-bond acceptors (Lipinski definition) is 4. The van der Waals surface area contributed by atoms with Crippen molar-refractivity contribution in [3.8, 4) is 0 Å². The largest absolute Gasteiger partial charge is 0.481 e. The van der Waals surface area contributed by atoms with Crippen molar-refractivity contribution in [1.82, 2.24) is 0 Å². The number of carboxylic acids is 3. The molecule has 0 bridgehead atoms. The van der Waals surface area contributed by atoms with Crippen LogP contribution < -0.4 is 4.90 Å². The van der Waals surface area contributed by atoms with Crippen LogP contribution in [0.25, 0.3) is 0 Å². The van der Waals surface area contributed by atoms with E-state index in [-0.39, 0.29) is 36.2 Å². The van der Waals surface area contributed by atoms with E-state index in [2.05, 4.69) is 0 Å². The van der Waals surface area contributed by atoms with Gasteiger partial charge in [-0.1, -0.05) is 6.92 Å². The molecule has 22 heavy (non-hydrogen) atoms. The molecule has 0 aliphatic rings. The zero-order valence-electron chi connectivity index (χ0n) is 11.8. The molecule has 0 unspecified atom stereocenters. The number of amides is 1. The van der Waals surface area contributed by atoms with E-state index in [0.717, 1.165) is 23.1 Å². The molecule has 0 spiro atoms. The first-order valence-electron chi connectivity index (χ1n) is 6.40. The summed E-state index contributed by atoms with van der Waals surface area (Å²) in [5.74, 6) is -4.24. The monoisotopic (exact) mass is 309 g/mol. The fourth-order valence-corrected chi connectivity index (χ4v) is 1.81. The van der Waals surface area contributed by atoms with E-state index in [1.807, 2.05) is 0 Å². The third-order valence-electron chi connectivity index (χ3n) is 2.88. The second-order valence-corrected chi connectivity index (χ2v) is 4.42. The lowest BCUT2D eigenvalue weighted by molar-refractivity contribution is -0.136. The Kier molecular flexibility index (Phi) is 5.62. The standard InChI is InChI=1S/C14H15NO7/c1-2-11(16)15(4-3-12(17)18)10-6-8(13(19)20)5-9(7-10)14(21)22/h5-7H,2-4H2,1H3,(H,17,18)(H,19,20)(H,21,22). The molecule has 8 nitrogen and oxygen atoms in total. The van der Waals surface area contributed by atoms with Crippen molar-refractivity contribution in [1.29, 1.82) is 0 Å². The summed E-state index contributed by atoms with van der Waals surface area (Å²) < 4.78 is 0. The van der Waals surface area contributed by atoms with Crippen LogP contribution >= 0.6 is 0 Å². The van der Waals surface area contributed by atoms with Gasteiger partial charge in [-0.3, -0.25) is 9.59 Å². The zero-order chi connectivity index (χ0) is 16.9. The second kappa shape index (κ2) is 7.21. The molecule has 0 aliphatic carbocycles. The minimum atomic E-state index is -1.34. The Hall–Kier alpha value is -2.90. The highest BCUT2D eigenvalue weighted by molar-refractivity contribution is 5.99. The predicted octanol–water partition coefficient (Wildman–Crippen LogP) is 1.30. The van der Waals surface area contributed by atoms with E-state index < -0.39 is 23.8 Å². The molecule has 1 amide bonds. The summed E-state index contributed by atoms with van der Waals surface area (Å²) in [5.41, 5.74) is -0.538. The average Bonchev–Trinajstić information content (AvgIpc) is 2.46. The number of aliphatic carboxylic acids is 1. The number of anilines is 1. The Morgan fingerprint density at radius 3 is 1.82 bits per heavy atom. The summed E-state index contributed by atoms with van der Waals surface area (Å²) in [6.07, 6.45) is -0.273. The fourth-order valence-electron chi connectivity index (χ4n) is 1.81. The molecule has 0 atom stereocenters. The molecular weight excluding hydrogens is 294 g/mol. The topological polar surface area (TPSA) is 132 Å². The van der Waals surface area contributed by atoms with E-state index in [9.17, 15) is 19.2 Å². The Balaban J connectivity index is 3.32. The van der Waals surface area contributed by atoms with Crippen LogP contribution in [0.2, 0.25) is 0 Å². The number of nitrogens with zero attached hydrogens (tertiary/aromatic N) is 1. The van der Waals surface area contributed by atoms with Crippen LogP contribution in [0.3, 0.4) is 0 Å². The molecule has 118 valence electrons. The molecule has 0 radical (unpaired) electrons. The predicted molar refractivity (Wildman–Crippen MR) is 75.3 cm³/mol. The molecule has 3 N–H and O–H groups in total. The minimum Gasteiger partial charge on any atom is -0.481 e. The first kappa shape index (κ1) is 17.2. The number of carbonyl (C=O) groups excluding carboxylic acids is 1. The first-order chi connectivity index (χ1) is 10.3. The molecule has 0 heterocycles. The van der Waals surface area contributed by atoms with E-state index in [1.54, 1.807) is 6.92 Å². The average molecular weight is 309 g/mol. The number of rotatable bonds is 7. The van der Waals surface area contributed by atoms with Crippen LogP contribution in [0.4, 0.5) is 5.69 Å². The van der Waals surface area contributed by atoms with Crippen LogP contribution in [0, 0.1) is 0 Å². The third kappa shape index (κ3) is 4.30. The fraction of sp³-hybridized carbons (Fsp3) is 0.286. The summed E-state index contributed by atoms with van der Waals surface area (Å²) in [5, 5.41) is 26.8. The SMILES string of the molecule is CCC(=O)N(CCC(=O)O)c1cc(C(=O)O)cc(C(=O)O)c1. The number of aromatic carboxylic acids is 2. The highest BCUT2D eigenvalue weighted by atomic mass is 16.4. The molecule has 0 saturated carbocycles. The summed E-state index contributed by atoms with van der Waals surface area (Å²) >= 11 is 0. The smallest absolute Gasteiger partial charge is 0.335 e. The highest BCUT2D eigenvalue weighted by Crippen LogP contribution is 2.21. The van der Waals surface area contributed by atoms with E-state index >= 15 is 0 Å². The van der Waals surface area contributed by atoms with Gasteiger partial charge in [0.15, 0.2) is 0 Å². The molecule has 1 rings (SSSR count). The molecule has 0 fully saturated rings. The van der Waals surface area contributed by atoms with Crippen molar-refractivity contribution in [2.24, 2.45) is 0 Å². The van der Waals surface area contributed by atoms with E-state index in [0.29, 0.717) is 0 Å². The molecule has 8 heteroatoms. The Bertz CT molecular complexity index is 591. The Morgan fingerprint density at radius 2 is 1.45 bits per heavy atom.